The van der Waals surface area contributed by atoms with Gasteiger partial charge in [0.15, 0.2) is 23.1 Å². The highest BCUT2D eigenvalue weighted by Gasteiger charge is 1.94. The van der Waals surface area contributed by atoms with Crippen molar-refractivity contribution in [3.63, 3.8) is 0 Å². The summed E-state index contributed by atoms with van der Waals surface area (Å²) in [4.78, 5) is 100. The van der Waals surface area contributed by atoms with Gasteiger partial charge in [0.2, 0.25) is 0 Å². The molecule has 0 aliphatic carbocycles. The number of Topliss-reactive ketones (excluding diaryl/α,β-unsaturated/α-hetero) is 4. The molecule has 0 unspecified atom stereocenters. The number of carbonyl (C=O) groups is 10. The second kappa shape index (κ2) is 78.8. The molecule has 0 N–H and O–H groups in total. The van der Waals surface area contributed by atoms with Crippen molar-refractivity contribution in [2.45, 2.75) is 134 Å². The van der Waals surface area contributed by atoms with E-state index in [1.54, 1.807) is 27.7 Å². The third-order valence-corrected chi connectivity index (χ3v) is 5.19. The standard InChI is InChI=1S/4C5H10O2.6C4H8O2/c2*1-3-5(6)4-7-2;2*1-3-4-5(6)7-2;2*1-4(5)3-6-2;2*1-3-4(5)6-2;2*1-3-6-4(2)5/h4*3-4H2,1-2H3;6*3H2,1-2H3. The molecule has 0 saturated heterocycles. The van der Waals surface area contributed by atoms with Crippen LogP contribution in [0, 0.1) is 0 Å². The Morgan fingerprint density at radius 1 is 0.328 bits per heavy atom. The van der Waals surface area contributed by atoms with E-state index in [0.717, 1.165) is 12.8 Å². The Balaban J connectivity index is -0.0000000633. The molecule has 20 heteroatoms. The Morgan fingerprint density at radius 3 is 0.594 bits per heavy atom. The number of rotatable bonds is 18. The zero-order chi connectivity index (χ0) is 52.7. The van der Waals surface area contributed by atoms with Gasteiger partial charge in [-0.2, -0.15) is 0 Å². The van der Waals surface area contributed by atoms with Gasteiger partial charge in [0.1, 0.15) is 26.4 Å². The van der Waals surface area contributed by atoms with Crippen LogP contribution in [0.25, 0.3) is 0 Å². The Morgan fingerprint density at radius 2 is 0.562 bits per heavy atom. The molecule has 64 heavy (non-hydrogen) atoms. The summed E-state index contributed by atoms with van der Waals surface area (Å²) in [6.07, 6.45) is 4.90. The molecule has 0 bridgehead atoms. The number of hydrogen-bond acceptors (Lipinski definition) is 20. The van der Waals surface area contributed by atoms with Crippen LogP contribution in [-0.2, 0) is 95.3 Å². The molecule has 0 heterocycles. The molecule has 0 saturated carbocycles. The smallest absolute Gasteiger partial charge is 0.305 e. The summed E-state index contributed by atoms with van der Waals surface area (Å²) in [7, 11) is 11.6. The zero-order valence-corrected chi connectivity index (χ0v) is 43.1. The monoisotopic (exact) mass is 937 g/mol. The number of ketones is 4. The van der Waals surface area contributed by atoms with Crippen LogP contribution in [0.2, 0.25) is 0 Å². The molecule has 0 fully saturated rings. The normalized spacial score (nSPS) is 8.19. The van der Waals surface area contributed by atoms with E-state index in [4.69, 9.17) is 0 Å². The van der Waals surface area contributed by atoms with E-state index >= 15 is 0 Å². The van der Waals surface area contributed by atoms with Crippen molar-refractivity contribution >= 4 is 58.9 Å². The topological polar surface area (TPSA) is 263 Å². The number of carbonyl (C=O) groups excluding carboxylic acids is 10. The van der Waals surface area contributed by atoms with Crippen molar-refractivity contribution in [1.82, 2.24) is 0 Å². The number of ether oxygens (including phenoxy) is 10. The highest BCUT2D eigenvalue weighted by Crippen LogP contribution is 1.87. The van der Waals surface area contributed by atoms with Crippen LogP contribution in [0.4, 0.5) is 0 Å². The van der Waals surface area contributed by atoms with E-state index in [-0.39, 0.29) is 85.4 Å². The fourth-order valence-corrected chi connectivity index (χ4v) is 2.24. The summed E-state index contributed by atoms with van der Waals surface area (Å²) < 4.78 is 44.0. The van der Waals surface area contributed by atoms with Crippen molar-refractivity contribution in [1.29, 1.82) is 0 Å². The quantitative estimate of drug-likeness (QED) is 0.115. The largest absolute Gasteiger partial charge is 0.469 e. The molecule has 20 nitrogen and oxygen atoms in total. The summed E-state index contributed by atoms with van der Waals surface area (Å²) in [5.41, 5.74) is 0. The van der Waals surface area contributed by atoms with Crippen molar-refractivity contribution in [3.8, 4) is 0 Å². The average Bonchev–Trinajstić information content (AvgIpc) is 3.25. The van der Waals surface area contributed by atoms with Crippen molar-refractivity contribution in [3.05, 3.63) is 0 Å². The molecule has 384 valence electrons. The van der Waals surface area contributed by atoms with Crippen LogP contribution >= 0.6 is 0 Å². The summed E-state index contributed by atoms with van der Waals surface area (Å²) in [6, 6.07) is 0. The van der Waals surface area contributed by atoms with E-state index in [2.05, 4.69) is 47.4 Å². The maximum absolute atomic E-state index is 10.3. The third kappa shape index (κ3) is 146. The van der Waals surface area contributed by atoms with E-state index in [1.165, 1.54) is 84.6 Å². The molecular weight excluding hydrogens is 848 g/mol. The van der Waals surface area contributed by atoms with Gasteiger partial charge in [0.25, 0.3) is 0 Å². The fraction of sp³-hybridized carbons (Fsp3) is 0.773. The second-order valence-corrected chi connectivity index (χ2v) is 11.3. The second-order valence-electron chi connectivity index (χ2n) is 11.3. The molecule has 0 rings (SSSR count). The van der Waals surface area contributed by atoms with Gasteiger partial charge in [0.05, 0.1) is 41.7 Å². The van der Waals surface area contributed by atoms with Crippen molar-refractivity contribution < 1.29 is 95.3 Å². The molecule has 0 amide bonds. The zero-order valence-electron chi connectivity index (χ0n) is 43.1. The van der Waals surface area contributed by atoms with Crippen LogP contribution in [-0.4, -0.2) is 155 Å². The van der Waals surface area contributed by atoms with Gasteiger partial charge in [0, 0.05) is 80.8 Å². The fourth-order valence-electron chi connectivity index (χ4n) is 2.24. The third-order valence-electron chi connectivity index (χ3n) is 5.19. The maximum atomic E-state index is 10.3. The van der Waals surface area contributed by atoms with Crippen LogP contribution in [0.3, 0.4) is 0 Å². The molecule has 0 aliphatic rings. The predicted octanol–water partition coefficient (Wildman–Crippen LogP) is 5.86. The Hall–Kier alpha value is -4.66. The first kappa shape index (κ1) is 83.0. The average molecular weight is 937 g/mol. The Bertz CT molecular complexity index is 927. The number of esters is 6. The molecular formula is C44H88O20. The first-order valence-electron chi connectivity index (χ1n) is 20.5. The van der Waals surface area contributed by atoms with Gasteiger partial charge < -0.3 is 47.4 Å². The molecule has 0 radical (unpaired) electrons. The van der Waals surface area contributed by atoms with E-state index < -0.39 is 0 Å². The lowest BCUT2D eigenvalue weighted by Crippen LogP contribution is -2.03. The van der Waals surface area contributed by atoms with Crippen LogP contribution in [0.5, 0.6) is 0 Å². The Kier molecular flexibility index (Phi) is 102. The summed E-state index contributed by atoms with van der Waals surface area (Å²) >= 11 is 0. The lowest BCUT2D eigenvalue weighted by atomic mass is 10.3. The first-order valence-corrected chi connectivity index (χ1v) is 20.5. The van der Waals surface area contributed by atoms with Crippen molar-refractivity contribution in [2.24, 2.45) is 0 Å². The molecule has 0 atom stereocenters. The van der Waals surface area contributed by atoms with Crippen LogP contribution < -0.4 is 0 Å². The minimum atomic E-state index is -0.211. The number of methoxy groups -OCH3 is 8. The molecule has 0 spiro atoms. The predicted molar refractivity (Wildman–Crippen MR) is 243 cm³/mol. The lowest BCUT2D eigenvalue weighted by molar-refractivity contribution is -0.141. The highest BCUT2D eigenvalue weighted by molar-refractivity contribution is 5.79. The summed E-state index contributed by atoms with van der Waals surface area (Å²) in [5, 5.41) is 0. The lowest BCUT2D eigenvalue weighted by Gasteiger charge is -1.91. The molecule has 0 aromatic rings. The van der Waals surface area contributed by atoms with Gasteiger partial charge >= 0.3 is 35.8 Å². The molecule has 0 aromatic carbocycles. The summed E-state index contributed by atoms with van der Waals surface area (Å²) in [6.45, 7) is 22.3. The Labute approximate surface area is 384 Å². The van der Waals surface area contributed by atoms with Crippen LogP contribution in [0.15, 0.2) is 0 Å². The molecule has 0 aliphatic heterocycles. The van der Waals surface area contributed by atoms with Crippen molar-refractivity contribution in [2.75, 3.05) is 96.5 Å². The first-order chi connectivity index (χ1) is 29.9. The maximum Gasteiger partial charge on any atom is 0.305 e. The minimum Gasteiger partial charge on any atom is -0.469 e. The van der Waals surface area contributed by atoms with E-state index in [9.17, 15) is 47.9 Å². The van der Waals surface area contributed by atoms with Crippen LogP contribution in [0.1, 0.15) is 134 Å². The minimum absolute atomic E-state index is 0.0671. The van der Waals surface area contributed by atoms with Gasteiger partial charge in [-0.15, -0.1) is 0 Å². The van der Waals surface area contributed by atoms with Gasteiger partial charge in [-0.3, -0.25) is 47.9 Å². The van der Waals surface area contributed by atoms with E-state index in [0.29, 0.717) is 51.7 Å². The van der Waals surface area contributed by atoms with E-state index in [1.807, 2.05) is 27.7 Å². The van der Waals surface area contributed by atoms with Gasteiger partial charge in [-0.25, -0.2) is 0 Å². The molecule has 0 aromatic heterocycles. The number of hydrogen-bond donors (Lipinski definition) is 0. The highest BCUT2D eigenvalue weighted by atomic mass is 16.5. The van der Waals surface area contributed by atoms with Gasteiger partial charge in [-0.05, 0) is 40.5 Å². The summed E-state index contributed by atoms with van der Waals surface area (Å²) in [5.74, 6) is -0.537. The SMILES string of the molecule is CCC(=O)COC.CCC(=O)COC.CCC(=O)OC.CCC(=O)OC.CCCC(=O)OC.CCCC(=O)OC.CCOC(C)=O.CCOC(C)=O.COCC(C)=O.COCC(C)=O. The van der Waals surface area contributed by atoms with Gasteiger partial charge in [-0.1, -0.05) is 41.5 Å².